The van der Waals surface area contributed by atoms with Gasteiger partial charge in [0.15, 0.2) is 0 Å². The maximum atomic E-state index is 12.7. The molecule has 0 bridgehead atoms. The Morgan fingerprint density at radius 2 is 1.96 bits per heavy atom. The average molecular weight is 369 g/mol. The lowest BCUT2D eigenvalue weighted by atomic mass is 10.1. The molecular formula is C21H27N3O3. The molecule has 1 saturated heterocycles. The van der Waals surface area contributed by atoms with Gasteiger partial charge in [0.2, 0.25) is 5.56 Å². The molecule has 2 N–H and O–H groups in total. The molecule has 1 aromatic carbocycles. The average Bonchev–Trinajstić information content (AvgIpc) is 2.70. The summed E-state index contributed by atoms with van der Waals surface area (Å²) in [6, 6.07) is 13.5. The number of hydrogen-bond acceptors (Lipinski definition) is 4. The van der Waals surface area contributed by atoms with E-state index < -0.39 is 0 Å². The first-order valence-electron chi connectivity index (χ1n) is 9.54. The Labute approximate surface area is 159 Å². The molecule has 1 aliphatic heterocycles. The van der Waals surface area contributed by atoms with Gasteiger partial charge in [0.1, 0.15) is 0 Å². The van der Waals surface area contributed by atoms with E-state index in [1.165, 1.54) is 17.8 Å². The summed E-state index contributed by atoms with van der Waals surface area (Å²) in [6.45, 7) is 3.13. The molecule has 1 aliphatic rings. The highest BCUT2D eigenvalue weighted by atomic mass is 16.3. The predicted molar refractivity (Wildman–Crippen MR) is 105 cm³/mol. The van der Waals surface area contributed by atoms with Crippen LogP contribution in [-0.4, -0.2) is 64.6 Å². The number of amides is 1. The van der Waals surface area contributed by atoms with E-state index in [4.69, 9.17) is 0 Å². The summed E-state index contributed by atoms with van der Waals surface area (Å²) in [4.78, 5) is 30.6. The first-order valence-corrected chi connectivity index (χ1v) is 9.54. The molecule has 27 heavy (non-hydrogen) atoms. The number of nitrogens with zero attached hydrogens (tertiary/aromatic N) is 2. The van der Waals surface area contributed by atoms with Crippen LogP contribution >= 0.6 is 0 Å². The highest BCUT2D eigenvalue weighted by Crippen LogP contribution is 2.16. The van der Waals surface area contributed by atoms with E-state index in [2.05, 4.69) is 34.1 Å². The molecule has 0 radical (unpaired) electrons. The number of aliphatic hydroxyl groups excluding tert-OH is 1. The largest absolute Gasteiger partial charge is 0.396 e. The van der Waals surface area contributed by atoms with Gasteiger partial charge in [-0.3, -0.25) is 14.5 Å². The second-order valence-corrected chi connectivity index (χ2v) is 6.98. The Bertz CT molecular complexity index is 770. The molecule has 0 aliphatic carbocycles. The number of aromatic amines is 1. The van der Waals surface area contributed by atoms with Crippen molar-refractivity contribution >= 4 is 5.91 Å². The molecule has 6 heteroatoms. The molecule has 1 aromatic heterocycles. The SMILES string of the molecule is O=C(c1ccc(=O)[nH]c1)N1CCN(CCCc2ccccc2)[C@H](CCO)C1. The van der Waals surface area contributed by atoms with E-state index in [0.29, 0.717) is 25.1 Å². The fourth-order valence-electron chi connectivity index (χ4n) is 3.65. The van der Waals surface area contributed by atoms with Gasteiger partial charge in [0.05, 0.1) is 5.56 Å². The Morgan fingerprint density at radius 1 is 1.15 bits per heavy atom. The lowest BCUT2D eigenvalue weighted by Crippen LogP contribution is -2.55. The molecule has 1 fully saturated rings. The molecule has 2 aromatic rings. The van der Waals surface area contributed by atoms with Crippen LogP contribution in [0, 0.1) is 0 Å². The number of carbonyl (C=O) groups excluding carboxylic acids is 1. The third-order valence-corrected chi connectivity index (χ3v) is 5.14. The van der Waals surface area contributed by atoms with Crippen LogP contribution in [0.2, 0.25) is 0 Å². The van der Waals surface area contributed by atoms with Crippen molar-refractivity contribution < 1.29 is 9.90 Å². The molecule has 144 valence electrons. The molecule has 0 spiro atoms. The van der Waals surface area contributed by atoms with Crippen LogP contribution in [0.15, 0.2) is 53.5 Å². The molecule has 6 nitrogen and oxygen atoms in total. The minimum absolute atomic E-state index is 0.0712. The van der Waals surface area contributed by atoms with Gasteiger partial charge in [-0.15, -0.1) is 0 Å². The number of H-pyrrole nitrogens is 1. The number of rotatable bonds is 7. The summed E-state index contributed by atoms with van der Waals surface area (Å²) < 4.78 is 0. The highest BCUT2D eigenvalue weighted by Gasteiger charge is 2.29. The van der Waals surface area contributed by atoms with Crippen LogP contribution in [0.5, 0.6) is 0 Å². The van der Waals surface area contributed by atoms with Gasteiger partial charge in [-0.05, 0) is 37.4 Å². The number of aliphatic hydroxyl groups is 1. The predicted octanol–water partition coefficient (Wildman–Crippen LogP) is 1.52. The first-order chi connectivity index (χ1) is 13.2. The Kier molecular flexibility index (Phi) is 6.79. The number of hydrogen-bond donors (Lipinski definition) is 2. The van der Waals surface area contributed by atoms with E-state index in [0.717, 1.165) is 25.9 Å². The summed E-state index contributed by atoms with van der Waals surface area (Å²) in [5.74, 6) is -0.0712. The van der Waals surface area contributed by atoms with E-state index >= 15 is 0 Å². The molecule has 3 rings (SSSR count). The number of aryl methyl sites for hydroxylation is 1. The fraction of sp³-hybridized carbons (Fsp3) is 0.429. The van der Waals surface area contributed by atoms with E-state index in [1.807, 2.05) is 11.0 Å². The minimum atomic E-state index is -0.215. The highest BCUT2D eigenvalue weighted by molar-refractivity contribution is 5.93. The van der Waals surface area contributed by atoms with Crippen molar-refractivity contribution in [2.24, 2.45) is 0 Å². The number of nitrogens with one attached hydrogen (secondary N) is 1. The van der Waals surface area contributed by atoms with Gasteiger partial charge in [-0.1, -0.05) is 30.3 Å². The lowest BCUT2D eigenvalue weighted by molar-refractivity contribution is 0.0418. The lowest BCUT2D eigenvalue weighted by Gasteiger charge is -2.41. The van der Waals surface area contributed by atoms with E-state index in [-0.39, 0.29) is 24.1 Å². The topological polar surface area (TPSA) is 76.6 Å². The van der Waals surface area contributed by atoms with Crippen LogP contribution in [0.25, 0.3) is 0 Å². The molecule has 1 atom stereocenters. The Morgan fingerprint density at radius 3 is 2.67 bits per heavy atom. The monoisotopic (exact) mass is 369 g/mol. The van der Waals surface area contributed by atoms with Crippen LogP contribution in [0.1, 0.15) is 28.8 Å². The number of aromatic nitrogens is 1. The second kappa shape index (κ2) is 9.48. The number of piperazine rings is 1. The van der Waals surface area contributed by atoms with Crippen molar-refractivity contribution in [1.82, 2.24) is 14.8 Å². The normalized spacial score (nSPS) is 17.8. The van der Waals surface area contributed by atoms with Gasteiger partial charge in [0.25, 0.3) is 5.91 Å². The quantitative estimate of drug-likeness (QED) is 0.776. The second-order valence-electron chi connectivity index (χ2n) is 6.98. The molecular weight excluding hydrogens is 342 g/mol. The van der Waals surface area contributed by atoms with Crippen molar-refractivity contribution in [1.29, 1.82) is 0 Å². The maximum Gasteiger partial charge on any atom is 0.255 e. The van der Waals surface area contributed by atoms with Crippen LogP contribution in [-0.2, 0) is 6.42 Å². The van der Waals surface area contributed by atoms with Crippen LogP contribution < -0.4 is 5.56 Å². The van der Waals surface area contributed by atoms with Crippen LogP contribution in [0.3, 0.4) is 0 Å². The standard InChI is InChI=1S/C21H27N3O3/c25-14-10-19-16-24(21(27)18-8-9-20(26)22-15-18)13-12-23(19)11-4-7-17-5-2-1-3-6-17/h1-3,5-6,8-9,15,19,25H,4,7,10-14,16H2,(H,22,26)/t19-/m1/s1. The smallest absolute Gasteiger partial charge is 0.255 e. The number of benzene rings is 1. The molecule has 2 heterocycles. The number of pyridine rings is 1. The zero-order valence-corrected chi connectivity index (χ0v) is 15.5. The van der Waals surface area contributed by atoms with E-state index in [1.54, 1.807) is 6.07 Å². The molecule has 0 unspecified atom stereocenters. The molecule has 1 amide bonds. The van der Waals surface area contributed by atoms with Crippen molar-refractivity contribution in [3.8, 4) is 0 Å². The van der Waals surface area contributed by atoms with E-state index in [9.17, 15) is 14.7 Å². The third-order valence-electron chi connectivity index (χ3n) is 5.14. The van der Waals surface area contributed by atoms with Gasteiger partial charge < -0.3 is 15.0 Å². The zero-order valence-electron chi connectivity index (χ0n) is 15.5. The van der Waals surface area contributed by atoms with Gasteiger partial charge in [-0.2, -0.15) is 0 Å². The van der Waals surface area contributed by atoms with Crippen molar-refractivity contribution in [3.63, 3.8) is 0 Å². The summed E-state index contributed by atoms with van der Waals surface area (Å²) in [5.41, 5.74) is 1.62. The van der Waals surface area contributed by atoms with Gasteiger partial charge in [0, 0.05) is 44.5 Å². The summed E-state index contributed by atoms with van der Waals surface area (Å²) >= 11 is 0. The van der Waals surface area contributed by atoms with Crippen molar-refractivity contribution in [2.75, 3.05) is 32.8 Å². The van der Waals surface area contributed by atoms with Crippen molar-refractivity contribution in [2.45, 2.75) is 25.3 Å². The molecule has 0 saturated carbocycles. The first kappa shape index (κ1) is 19.3. The fourth-order valence-corrected chi connectivity index (χ4v) is 3.65. The summed E-state index contributed by atoms with van der Waals surface area (Å²) in [5, 5.41) is 9.44. The van der Waals surface area contributed by atoms with Gasteiger partial charge in [-0.25, -0.2) is 0 Å². The van der Waals surface area contributed by atoms with Gasteiger partial charge >= 0.3 is 0 Å². The zero-order chi connectivity index (χ0) is 19.1. The summed E-state index contributed by atoms with van der Waals surface area (Å²) in [6.07, 6.45) is 4.21. The minimum Gasteiger partial charge on any atom is -0.396 e. The third kappa shape index (κ3) is 5.28. The Balaban J connectivity index is 1.56. The number of carbonyl (C=O) groups is 1. The van der Waals surface area contributed by atoms with Crippen molar-refractivity contribution in [3.05, 3.63) is 70.1 Å². The maximum absolute atomic E-state index is 12.7. The van der Waals surface area contributed by atoms with Crippen LogP contribution in [0.4, 0.5) is 0 Å². The Hall–Kier alpha value is -2.44. The summed E-state index contributed by atoms with van der Waals surface area (Å²) in [7, 11) is 0.